The standard InChI is InChI=1S/C11H14ClNO2S/c1-2-3-4-11(15)13-7-8(14)9-5-6-10(12)16-9/h5-6H,2-4,7H2,1H3,(H,13,15). The number of rotatable bonds is 6. The SMILES string of the molecule is CCCCC(=O)NCC(=O)c1ccc(Cl)s1. The molecular formula is C11H14ClNO2S. The second-order valence-corrected chi connectivity index (χ2v) is 5.12. The number of carbonyl (C=O) groups is 2. The zero-order valence-electron chi connectivity index (χ0n) is 9.09. The van der Waals surface area contributed by atoms with Crippen molar-refractivity contribution < 1.29 is 9.59 Å². The molecule has 0 spiro atoms. The van der Waals surface area contributed by atoms with E-state index < -0.39 is 0 Å². The van der Waals surface area contributed by atoms with Crippen LogP contribution in [0.4, 0.5) is 0 Å². The van der Waals surface area contributed by atoms with E-state index in [1.165, 1.54) is 11.3 Å². The fourth-order valence-electron chi connectivity index (χ4n) is 1.16. The molecule has 0 aromatic carbocycles. The zero-order valence-corrected chi connectivity index (χ0v) is 10.7. The van der Waals surface area contributed by atoms with Gasteiger partial charge in [-0.05, 0) is 18.6 Å². The first-order valence-electron chi connectivity index (χ1n) is 5.18. The van der Waals surface area contributed by atoms with Gasteiger partial charge in [0.1, 0.15) is 0 Å². The summed E-state index contributed by atoms with van der Waals surface area (Å²) in [5.74, 6) is -0.167. The normalized spacial score (nSPS) is 10.1. The zero-order chi connectivity index (χ0) is 12.0. The van der Waals surface area contributed by atoms with Crippen molar-refractivity contribution in [2.24, 2.45) is 0 Å². The summed E-state index contributed by atoms with van der Waals surface area (Å²) in [5.41, 5.74) is 0. The smallest absolute Gasteiger partial charge is 0.220 e. The molecule has 1 aromatic rings. The third-order valence-electron chi connectivity index (χ3n) is 2.05. The van der Waals surface area contributed by atoms with Crippen LogP contribution < -0.4 is 5.32 Å². The van der Waals surface area contributed by atoms with E-state index in [4.69, 9.17) is 11.6 Å². The minimum Gasteiger partial charge on any atom is -0.349 e. The summed E-state index contributed by atoms with van der Waals surface area (Å²) in [4.78, 5) is 23.4. The van der Waals surface area contributed by atoms with Gasteiger partial charge in [-0.2, -0.15) is 0 Å². The molecule has 0 aliphatic carbocycles. The monoisotopic (exact) mass is 259 g/mol. The van der Waals surface area contributed by atoms with E-state index in [1.54, 1.807) is 12.1 Å². The minimum atomic E-state index is -0.0956. The highest BCUT2D eigenvalue weighted by Gasteiger charge is 2.09. The van der Waals surface area contributed by atoms with Crippen LogP contribution in [-0.2, 0) is 4.79 Å². The van der Waals surface area contributed by atoms with Crippen LogP contribution in [0.1, 0.15) is 35.9 Å². The van der Waals surface area contributed by atoms with Crippen molar-refractivity contribution >= 4 is 34.6 Å². The molecule has 16 heavy (non-hydrogen) atoms. The first kappa shape index (κ1) is 13.2. The quantitative estimate of drug-likeness (QED) is 0.799. The van der Waals surface area contributed by atoms with Crippen molar-refractivity contribution in [2.45, 2.75) is 26.2 Å². The van der Waals surface area contributed by atoms with Gasteiger partial charge < -0.3 is 5.32 Å². The van der Waals surface area contributed by atoms with Crippen molar-refractivity contribution in [2.75, 3.05) is 6.54 Å². The lowest BCUT2D eigenvalue weighted by atomic mass is 10.2. The van der Waals surface area contributed by atoms with E-state index in [1.807, 2.05) is 6.92 Å². The van der Waals surface area contributed by atoms with Gasteiger partial charge in [-0.15, -0.1) is 11.3 Å². The lowest BCUT2D eigenvalue weighted by Gasteiger charge is -2.02. The van der Waals surface area contributed by atoms with Crippen molar-refractivity contribution in [3.8, 4) is 0 Å². The second kappa shape index (κ2) is 6.66. The molecule has 3 nitrogen and oxygen atoms in total. The Balaban J connectivity index is 2.33. The molecule has 1 rings (SSSR count). The first-order chi connectivity index (χ1) is 7.63. The summed E-state index contributed by atoms with van der Waals surface area (Å²) < 4.78 is 0.584. The van der Waals surface area contributed by atoms with Gasteiger partial charge in [0.05, 0.1) is 15.8 Å². The van der Waals surface area contributed by atoms with Crippen LogP contribution in [0.2, 0.25) is 4.34 Å². The molecule has 1 N–H and O–H groups in total. The molecule has 0 saturated heterocycles. The van der Waals surface area contributed by atoms with Crippen LogP contribution >= 0.6 is 22.9 Å². The maximum Gasteiger partial charge on any atom is 0.220 e. The molecule has 1 amide bonds. The van der Waals surface area contributed by atoms with Gasteiger partial charge in [0, 0.05) is 6.42 Å². The molecule has 0 unspecified atom stereocenters. The van der Waals surface area contributed by atoms with Gasteiger partial charge in [0.15, 0.2) is 5.78 Å². The van der Waals surface area contributed by atoms with Crippen molar-refractivity contribution in [1.82, 2.24) is 5.32 Å². The lowest BCUT2D eigenvalue weighted by Crippen LogP contribution is -2.28. The fourth-order valence-corrected chi connectivity index (χ4v) is 2.14. The molecule has 88 valence electrons. The lowest BCUT2D eigenvalue weighted by molar-refractivity contribution is -0.121. The average molecular weight is 260 g/mol. The van der Waals surface area contributed by atoms with E-state index in [9.17, 15) is 9.59 Å². The molecule has 0 fully saturated rings. The van der Waals surface area contributed by atoms with Gasteiger partial charge in [0.2, 0.25) is 5.91 Å². The van der Waals surface area contributed by atoms with Crippen LogP contribution in [0, 0.1) is 0 Å². The molecular weight excluding hydrogens is 246 g/mol. The van der Waals surface area contributed by atoms with Crippen LogP contribution in [0.3, 0.4) is 0 Å². The summed E-state index contributed by atoms with van der Waals surface area (Å²) in [6.07, 6.45) is 2.31. The maximum absolute atomic E-state index is 11.6. The summed E-state index contributed by atoms with van der Waals surface area (Å²) in [7, 11) is 0. The number of Topliss-reactive ketones (excluding diaryl/α,β-unsaturated/α-hetero) is 1. The van der Waals surface area contributed by atoms with E-state index in [-0.39, 0.29) is 18.2 Å². The number of hydrogen-bond acceptors (Lipinski definition) is 3. The Morgan fingerprint density at radius 2 is 2.19 bits per heavy atom. The Bertz CT molecular complexity index is 376. The number of carbonyl (C=O) groups excluding carboxylic acids is 2. The number of halogens is 1. The average Bonchev–Trinajstić information content (AvgIpc) is 2.69. The number of amides is 1. The highest BCUT2D eigenvalue weighted by atomic mass is 35.5. The number of thiophene rings is 1. The van der Waals surface area contributed by atoms with Gasteiger partial charge in [-0.3, -0.25) is 9.59 Å². The van der Waals surface area contributed by atoms with Gasteiger partial charge in [0.25, 0.3) is 0 Å². The third-order valence-corrected chi connectivity index (χ3v) is 3.32. The Kier molecular flexibility index (Phi) is 5.49. The Labute approximate surface area is 104 Å². The highest BCUT2D eigenvalue weighted by molar-refractivity contribution is 7.18. The molecule has 0 aliphatic heterocycles. The van der Waals surface area contributed by atoms with Crippen molar-refractivity contribution in [3.63, 3.8) is 0 Å². The van der Waals surface area contributed by atoms with E-state index in [0.29, 0.717) is 15.6 Å². The number of unbranched alkanes of at least 4 members (excludes halogenated alkanes) is 1. The molecule has 1 aromatic heterocycles. The molecule has 0 saturated carbocycles. The van der Waals surface area contributed by atoms with Gasteiger partial charge >= 0.3 is 0 Å². The predicted molar refractivity (Wildman–Crippen MR) is 66.2 cm³/mol. The molecule has 0 radical (unpaired) electrons. The van der Waals surface area contributed by atoms with Gasteiger partial charge in [-0.1, -0.05) is 24.9 Å². The largest absolute Gasteiger partial charge is 0.349 e. The Hall–Kier alpha value is -0.870. The van der Waals surface area contributed by atoms with Crippen molar-refractivity contribution in [1.29, 1.82) is 0 Å². The fraction of sp³-hybridized carbons (Fsp3) is 0.455. The highest BCUT2D eigenvalue weighted by Crippen LogP contribution is 2.21. The molecule has 1 heterocycles. The third kappa shape index (κ3) is 4.33. The van der Waals surface area contributed by atoms with Gasteiger partial charge in [-0.25, -0.2) is 0 Å². The van der Waals surface area contributed by atoms with Crippen molar-refractivity contribution in [3.05, 3.63) is 21.3 Å². The van der Waals surface area contributed by atoms with Crippen LogP contribution in [-0.4, -0.2) is 18.2 Å². The summed E-state index contributed by atoms with van der Waals surface area (Å²) in [6, 6.07) is 3.35. The first-order valence-corrected chi connectivity index (χ1v) is 6.38. The molecule has 0 atom stereocenters. The molecule has 0 aliphatic rings. The minimum absolute atomic E-state index is 0.0550. The summed E-state index contributed by atoms with van der Waals surface area (Å²) >= 11 is 6.94. The topological polar surface area (TPSA) is 46.2 Å². The predicted octanol–water partition coefficient (Wildman–Crippen LogP) is 2.89. The van der Waals surface area contributed by atoms with E-state index in [2.05, 4.69) is 5.32 Å². The van der Waals surface area contributed by atoms with Crippen LogP contribution in [0.25, 0.3) is 0 Å². The van der Waals surface area contributed by atoms with E-state index >= 15 is 0 Å². The summed E-state index contributed by atoms with van der Waals surface area (Å²) in [5, 5.41) is 2.60. The number of nitrogens with one attached hydrogen (secondary N) is 1. The summed E-state index contributed by atoms with van der Waals surface area (Å²) in [6.45, 7) is 2.07. The Morgan fingerprint density at radius 1 is 1.44 bits per heavy atom. The number of hydrogen-bond donors (Lipinski definition) is 1. The second-order valence-electron chi connectivity index (χ2n) is 3.41. The molecule has 0 bridgehead atoms. The number of ketones is 1. The Morgan fingerprint density at radius 3 is 2.75 bits per heavy atom. The maximum atomic E-state index is 11.6. The molecule has 5 heteroatoms. The van der Waals surface area contributed by atoms with E-state index in [0.717, 1.165) is 12.8 Å². The van der Waals surface area contributed by atoms with Crippen LogP contribution in [0.5, 0.6) is 0 Å². The van der Waals surface area contributed by atoms with Crippen LogP contribution in [0.15, 0.2) is 12.1 Å².